The highest BCUT2D eigenvalue weighted by Gasteiger charge is 2.43. The van der Waals surface area contributed by atoms with Gasteiger partial charge in [0.05, 0.1) is 17.2 Å². The van der Waals surface area contributed by atoms with Gasteiger partial charge in [0.2, 0.25) is 0 Å². The Morgan fingerprint density at radius 3 is 2.77 bits per heavy atom. The predicted octanol–water partition coefficient (Wildman–Crippen LogP) is 5.08. The molecule has 2 aromatic heterocycles. The van der Waals surface area contributed by atoms with Crippen molar-refractivity contribution in [3.05, 3.63) is 42.6 Å². The Labute approximate surface area is 158 Å². The molecular weight excluding hydrogens is 340 g/mol. The normalized spacial score (nSPS) is 15.7. The van der Waals surface area contributed by atoms with E-state index in [0.29, 0.717) is 0 Å². The molecular formula is C21H22N4S. The van der Waals surface area contributed by atoms with Crippen molar-refractivity contribution in [3.63, 3.8) is 0 Å². The Morgan fingerprint density at radius 2 is 2.08 bits per heavy atom. The first-order valence-corrected chi connectivity index (χ1v) is 10.0. The van der Waals surface area contributed by atoms with Crippen molar-refractivity contribution >= 4 is 28.5 Å². The van der Waals surface area contributed by atoms with Crippen molar-refractivity contribution in [1.82, 2.24) is 9.97 Å². The van der Waals surface area contributed by atoms with Gasteiger partial charge in [0.1, 0.15) is 5.82 Å². The lowest BCUT2D eigenvalue weighted by molar-refractivity contribution is 0.290. The third-order valence-corrected chi connectivity index (χ3v) is 6.02. The number of para-hydroxylation sites is 1. The topological polar surface area (TPSA) is 55.7 Å². The number of hydrogen-bond acceptors (Lipinski definition) is 4. The van der Waals surface area contributed by atoms with Crippen LogP contribution in [0, 0.1) is 16.7 Å². The first kappa shape index (κ1) is 17.0. The molecule has 1 aliphatic heterocycles. The number of thioether (sulfide) groups is 1. The lowest BCUT2D eigenvalue weighted by Crippen LogP contribution is -2.55. The molecule has 0 spiro atoms. The summed E-state index contributed by atoms with van der Waals surface area (Å²) >= 11 is 1.80. The number of benzene rings is 1. The van der Waals surface area contributed by atoms with Crippen LogP contribution < -0.4 is 4.90 Å². The number of nitriles is 1. The maximum atomic E-state index is 9.49. The molecule has 0 radical (unpaired) electrons. The minimum atomic E-state index is -0.226. The number of fused-ring (bicyclic) bond motifs is 1. The van der Waals surface area contributed by atoms with Gasteiger partial charge >= 0.3 is 0 Å². The molecule has 1 saturated heterocycles. The fourth-order valence-electron chi connectivity index (χ4n) is 3.56. The molecule has 0 bridgehead atoms. The molecule has 26 heavy (non-hydrogen) atoms. The first-order valence-electron chi connectivity index (χ1n) is 9.05. The molecule has 4 nitrogen and oxygen atoms in total. The summed E-state index contributed by atoms with van der Waals surface area (Å²) in [5, 5.41) is 10.7. The van der Waals surface area contributed by atoms with Gasteiger partial charge in [-0.3, -0.25) is 0 Å². The number of nitrogens with one attached hydrogen (secondary N) is 1. The Bertz CT molecular complexity index is 946. The Balaban J connectivity index is 1.76. The van der Waals surface area contributed by atoms with Gasteiger partial charge in [0.15, 0.2) is 0 Å². The Kier molecular flexibility index (Phi) is 4.37. The van der Waals surface area contributed by atoms with Crippen molar-refractivity contribution in [2.24, 2.45) is 5.41 Å². The van der Waals surface area contributed by atoms with Crippen molar-refractivity contribution in [2.75, 3.05) is 23.7 Å². The zero-order valence-electron chi connectivity index (χ0n) is 15.1. The molecule has 0 aliphatic carbocycles. The lowest BCUT2D eigenvalue weighted by atomic mass is 9.78. The molecule has 1 N–H and O–H groups in total. The van der Waals surface area contributed by atoms with E-state index in [1.807, 2.05) is 12.3 Å². The van der Waals surface area contributed by atoms with Crippen LogP contribution >= 0.6 is 11.8 Å². The van der Waals surface area contributed by atoms with Gasteiger partial charge in [-0.05, 0) is 30.4 Å². The molecule has 0 amide bonds. The SMILES string of the molecule is CCSc1cnc(N2CC(C#N)(CC)C2)c(-c2cc3ccccc3[nH]2)c1. The summed E-state index contributed by atoms with van der Waals surface area (Å²) in [6, 6.07) is 15.2. The van der Waals surface area contributed by atoms with Crippen LogP contribution in [0.3, 0.4) is 0 Å². The molecule has 4 rings (SSSR count). The number of aromatic amines is 1. The van der Waals surface area contributed by atoms with Crippen molar-refractivity contribution < 1.29 is 0 Å². The summed E-state index contributed by atoms with van der Waals surface area (Å²) in [5.74, 6) is 1.99. The van der Waals surface area contributed by atoms with Crippen LogP contribution in [-0.2, 0) is 0 Å². The zero-order chi connectivity index (χ0) is 18.1. The van der Waals surface area contributed by atoms with E-state index < -0.39 is 0 Å². The number of nitrogens with zero attached hydrogens (tertiary/aromatic N) is 3. The molecule has 3 heterocycles. The number of rotatable bonds is 5. The summed E-state index contributed by atoms with van der Waals surface area (Å²) < 4.78 is 0. The van der Waals surface area contributed by atoms with Crippen LogP contribution in [0.5, 0.6) is 0 Å². The average molecular weight is 363 g/mol. The van der Waals surface area contributed by atoms with Crippen LogP contribution in [-0.4, -0.2) is 28.8 Å². The number of aromatic nitrogens is 2. The Morgan fingerprint density at radius 1 is 1.27 bits per heavy atom. The van der Waals surface area contributed by atoms with Crippen LogP contribution in [0.15, 0.2) is 47.5 Å². The fourth-order valence-corrected chi connectivity index (χ4v) is 4.22. The smallest absolute Gasteiger partial charge is 0.138 e. The second kappa shape index (κ2) is 6.69. The highest BCUT2D eigenvalue weighted by molar-refractivity contribution is 7.99. The summed E-state index contributed by atoms with van der Waals surface area (Å²) in [7, 11) is 0. The fraction of sp³-hybridized carbons (Fsp3) is 0.333. The summed E-state index contributed by atoms with van der Waals surface area (Å²) in [4.78, 5) is 11.7. The van der Waals surface area contributed by atoms with E-state index >= 15 is 0 Å². The molecule has 3 aromatic rings. The zero-order valence-corrected chi connectivity index (χ0v) is 15.9. The monoisotopic (exact) mass is 362 g/mol. The molecule has 132 valence electrons. The second-order valence-electron chi connectivity index (χ2n) is 6.85. The van der Waals surface area contributed by atoms with E-state index in [2.05, 4.69) is 60.1 Å². The number of pyridine rings is 1. The van der Waals surface area contributed by atoms with Crippen molar-refractivity contribution in [1.29, 1.82) is 5.26 Å². The minimum Gasteiger partial charge on any atom is -0.354 e. The quantitative estimate of drug-likeness (QED) is 0.643. The standard InChI is InChI=1S/C21H22N4S/c1-3-21(12-22)13-25(14-21)20-17(10-16(11-23-20)26-4-2)19-9-15-7-5-6-8-18(15)24-19/h5-11,24H,3-4,13-14H2,1-2H3. The average Bonchev–Trinajstić information content (AvgIpc) is 3.07. The van der Waals surface area contributed by atoms with E-state index in [9.17, 15) is 5.26 Å². The van der Waals surface area contributed by atoms with Crippen LogP contribution in [0.1, 0.15) is 20.3 Å². The molecule has 0 saturated carbocycles. The molecule has 1 aromatic carbocycles. The first-order chi connectivity index (χ1) is 12.7. The third-order valence-electron chi connectivity index (χ3n) is 5.17. The van der Waals surface area contributed by atoms with E-state index in [1.54, 1.807) is 11.8 Å². The largest absolute Gasteiger partial charge is 0.354 e. The van der Waals surface area contributed by atoms with Crippen molar-refractivity contribution in [3.8, 4) is 17.3 Å². The van der Waals surface area contributed by atoms with E-state index in [0.717, 1.165) is 47.9 Å². The van der Waals surface area contributed by atoms with E-state index in [4.69, 9.17) is 4.98 Å². The van der Waals surface area contributed by atoms with Crippen LogP contribution in [0.25, 0.3) is 22.2 Å². The number of H-pyrrole nitrogens is 1. The number of anilines is 1. The van der Waals surface area contributed by atoms with Gasteiger partial charge in [-0.15, -0.1) is 11.8 Å². The summed E-state index contributed by atoms with van der Waals surface area (Å²) in [6.07, 6.45) is 2.83. The second-order valence-corrected chi connectivity index (χ2v) is 8.18. The van der Waals surface area contributed by atoms with Gasteiger partial charge in [0.25, 0.3) is 0 Å². The van der Waals surface area contributed by atoms with E-state index in [-0.39, 0.29) is 5.41 Å². The molecule has 0 atom stereocenters. The Hall–Kier alpha value is -2.45. The van der Waals surface area contributed by atoms with Gasteiger partial charge in [-0.1, -0.05) is 32.0 Å². The predicted molar refractivity (Wildman–Crippen MR) is 108 cm³/mol. The molecule has 5 heteroatoms. The lowest BCUT2D eigenvalue weighted by Gasteiger charge is -2.46. The van der Waals surface area contributed by atoms with Crippen molar-refractivity contribution in [2.45, 2.75) is 25.2 Å². The number of hydrogen-bond donors (Lipinski definition) is 1. The highest BCUT2D eigenvalue weighted by Crippen LogP contribution is 2.41. The molecule has 1 aliphatic rings. The maximum Gasteiger partial charge on any atom is 0.138 e. The third kappa shape index (κ3) is 2.85. The molecule has 1 fully saturated rings. The van der Waals surface area contributed by atoms with Gasteiger partial charge in [0, 0.05) is 40.6 Å². The van der Waals surface area contributed by atoms with Gasteiger partial charge < -0.3 is 9.88 Å². The minimum absolute atomic E-state index is 0.226. The summed E-state index contributed by atoms with van der Waals surface area (Å²) in [6.45, 7) is 5.74. The van der Waals surface area contributed by atoms with Gasteiger partial charge in [-0.25, -0.2) is 4.98 Å². The van der Waals surface area contributed by atoms with Crippen LogP contribution in [0.4, 0.5) is 5.82 Å². The maximum absolute atomic E-state index is 9.49. The van der Waals surface area contributed by atoms with E-state index in [1.165, 1.54) is 10.3 Å². The summed E-state index contributed by atoms with van der Waals surface area (Å²) in [5.41, 5.74) is 3.10. The highest BCUT2D eigenvalue weighted by atomic mass is 32.2. The van der Waals surface area contributed by atoms with Crippen LogP contribution in [0.2, 0.25) is 0 Å². The van der Waals surface area contributed by atoms with Gasteiger partial charge in [-0.2, -0.15) is 5.26 Å². The molecule has 0 unspecified atom stereocenters.